The molecule has 2 N–H and O–H groups in total. The van der Waals surface area contributed by atoms with E-state index in [1.54, 1.807) is 26.1 Å². The summed E-state index contributed by atoms with van der Waals surface area (Å²) in [5.41, 5.74) is 1.47. The second kappa shape index (κ2) is 10.8. The Morgan fingerprint density at radius 3 is 2.73 bits per heavy atom. The summed E-state index contributed by atoms with van der Waals surface area (Å²) < 4.78 is 47.7. The van der Waals surface area contributed by atoms with Gasteiger partial charge in [0, 0.05) is 32.3 Å². The van der Waals surface area contributed by atoms with Crippen molar-refractivity contribution in [1.29, 1.82) is 0 Å². The van der Waals surface area contributed by atoms with Gasteiger partial charge in [-0.15, -0.1) is 24.0 Å². The molecule has 26 heavy (non-hydrogen) atoms. The molecule has 2 rings (SSSR count). The van der Waals surface area contributed by atoms with Crippen molar-refractivity contribution in [2.24, 2.45) is 4.99 Å². The first-order valence-corrected chi connectivity index (χ1v) is 8.22. The number of aryl methyl sites for hydroxylation is 1. The Hall–Kier alpha value is -1.23. The van der Waals surface area contributed by atoms with E-state index < -0.39 is 12.8 Å². The van der Waals surface area contributed by atoms with Crippen LogP contribution in [0.5, 0.6) is 5.75 Å². The molecule has 1 aromatic carbocycles. The number of alkyl halides is 3. The Labute approximate surface area is 168 Å². The van der Waals surface area contributed by atoms with Crippen LogP contribution < -0.4 is 15.4 Å². The average molecular weight is 487 g/mol. The average Bonchev–Trinajstić information content (AvgIpc) is 3.07. The van der Waals surface area contributed by atoms with Gasteiger partial charge < -0.3 is 20.1 Å². The lowest BCUT2D eigenvalue weighted by Gasteiger charge is -2.17. The molecule has 1 fully saturated rings. The maximum atomic E-state index is 12.4. The molecule has 1 saturated heterocycles. The molecular weight excluding hydrogens is 462 g/mol. The summed E-state index contributed by atoms with van der Waals surface area (Å²) in [5.74, 6) is 0.789. The summed E-state index contributed by atoms with van der Waals surface area (Å²) in [6.07, 6.45) is -2.13. The molecule has 0 saturated carbocycles. The fourth-order valence-corrected chi connectivity index (χ4v) is 2.52. The zero-order valence-corrected chi connectivity index (χ0v) is 17.2. The van der Waals surface area contributed by atoms with Gasteiger partial charge >= 0.3 is 6.18 Å². The van der Waals surface area contributed by atoms with Crippen LogP contribution in [0.4, 0.5) is 13.2 Å². The number of nitrogens with one attached hydrogen (secondary N) is 2. The first kappa shape index (κ1) is 22.8. The molecule has 0 spiro atoms. The van der Waals surface area contributed by atoms with Crippen molar-refractivity contribution in [1.82, 2.24) is 10.6 Å². The number of rotatable bonds is 6. The van der Waals surface area contributed by atoms with Gasteiger partial charge in [-0.05, 0) is 31.4 Å². The summed E-state index contributed by atoms with van der Waals surface area (Å²) in [5, 5.41) is 6.25. The molecular formula is C17H25F3IN3O2. The molecule has 0 bridgehead atoms. The summed E-state index contributed by atoms with van der Waals surface area (Å²) >= 11 is 0. The fraction of sp³-hybridized carbons (Fsp3) is 0.588. The minimum atomic E-state index is -4.37. The SMILES string of the molecule is CN=C(NCc1ccc(C)cc1OCC(F)(F)F)NCC1CCCO1.I. The molecule has 0 amide bonds. The molecule has 148 valence electrons. The minimum Gasteiger partial charge on any atom is -0.484 e. The van der Waals surface area contributed by atoms with Gasteiger partial charge in [-0.3, -0.25) is 4.99 Å². The van der Waals surface area contributed by atoms with E-state index in [1.807, 2.05) is 6.07 Å². The normalized spacial score (nSPS) is 17.6. The molecule has 1 aliphatic rings. The molecule has 5 nitrogen and oxygen atoms in total. The van der Waals surface area contributed by atoms with Crippen LogP contribution in [-0.4, -0.2) is 45.0 Å². The molecule has 0 aliphatic carbocycles. The largest absolute Gasteiger partial charge is 0.484 e. The number of aliphatic imine (C=N–C) groups is 1. The van der Waals surface area contributed by atoms with Gasteiger partial charge in [0.05, 0.1) is 6.10 Å². The van der Waals surface area contributed by atoms with Crippen molar-refractivity contribution in [3.63, 3.8) is 0 Å². The molecule has 1 aliphatic heterocycles. The monoisotopic (exact) mass is 487 g/mol. The van der Waals surface area contributed by atoms with Crippen molar-refractivity contribution < 1.29 is 22.6 Å². The molecule has 1 aromatic rings. The van der Waals surface area contributed by atoms with Gasteiger partial charge in [0.25, 0.3) is 0 Å². The molecule has 0 aromatic heterocycles. The van der Waals surface area contributed by atoms with Gasteiger partial charge in [0.15, 0.2) is 12.6 Å². The van der Waals surface area contributed by atoms with Crippen molar-refractivity contribution in [3.8, 4) is 5.75 Å². The molecule has 1 atom stereocenters. The van der Waals surface area contributed by atoms with E-state index >= 15 is 0 Å². The van der Waals surface area contributed by atoms with Crippen molar-refractivity contribution in [3.05, 3.63) is 29.3 Å². The number of halogens is 4. The predicted molar refractivity (Wildman–Crippen MR) is 105 cm³/mol. The number of nitrogens with zero attached hydrogens (tertiary/aromatic N) is 1. The summed E-state index contributed by atoms with van der Waals surface area (Å²) in [7, 11) is 1.64. The lowest BCUT2D eigenvalue weighted by molar-refractivity contribution is -0.153. The Morgan fingerprint density at radius 1 is 1.35 bits per heavy atom. The van der Waals surface area contributed by atoms with Gasteiger partial charge in [0.1, 0.15) is 5.75 Å². The van der Waals surface area contributed by atoms with Crippen LogP contribution in [0, 0.1) is 6.92 Å². The Kier molecular flexibility index (Phi) is 9.48. The van der Waals surface area contributed by atoms with Gasteiger partial charge in [-0.25, -0.2) is 0 Å². The second-order valence-electron chi connectivity index (χ2n) is 5.96. The van der Waals surface area contributed by atoms with E-state index in [0.29, 0.717) is 24.6 Å². The zero-order chi connectivity index (χ0) is 18.3. The third-order valence-electron chi connectivity index (χ3n) is 3.81. The smallest absolute Gasteiger partial charge is 0.422 e. The van der Waals surface area contributed by atoms with Crippen molar-refractivity contribution in [2.45, 2.75) is 38.6 Å². The highest BCUT2D eigenvalue weighted by Crippen LogP contribution is 2.23. The topological polar surface area (TPSA) is 54.9 Å². The van der Waals surface area contributed by atoms with Crippen molar-refractivity contribution >= 4 is 29.9 Å². The second-order valence-corrected chi connectivity index (χ2v) is 5.96. The zero-order valence-electron chi connectivity index (χ0n) is 14.9. The predicted octanol–water partition coefficient (Wildman–Crippen LogP) is 3.40. The third kappa shape index (κ3) is 7.98. The standard InChI is InChI=1S/C17H24F3N3O2.HI/c1-12-5-6-13(15(8-12)25-11-17(18,19)20)9-22-16(21-2)23-10-14-4-3-7-24-14;/h5-6,8,14H,3-4,7,9-11H2,1-2H3,(H2,21,22,23);1H. The van der Waals surface area contributed by atoms with Gasteiger partial charge in [0.2, 0.25) is 0 Å². The quantitative estimate of drug-likeness (QED) is 0.367. The summed E-state index contributed by atoms with van der Waals surface area (Å²) in [6.45, 7) is 2.22. The van der Waals surface area contributed by atoms with Crippen LogP contribution in [0.2, 0.25) is 0 Å². The third-order valence-corrected chi connectivity index (χ3v) is 3.81. The van der Waals surface area contributed by atoms with E-state index in [-0.39, 0.29) is 35.8 Å². The fourth-order valence-electron chi connectivity index (χ4n) is 2.52. The van der Waals surface area contributed by atoms with Crippen LogP contribution >= 0.6 is 24.0 Å². The van der Waals surface area contributed by atoms with E-state index in [0.717, 1.165) is 25.0 Å². The Morgan fingerprint density at radius 2 is 2.12 bits per heavy atom. The number of hydrogen-bond donors (Lipinski definition) is 2. The van der Waals surface area contributed by atoms with Crippen molar-refractivity contribution in [2.75, 3.05) is 26.8 Å². The molecule has 1 unspecified atom stereocenters. The van der Waals surface area contributed by atoms with Crippen LogP contribution in [-0.2, 0) is 11.3 Å². The Balaban J connectivity index is 0.00000338. The van der Waals surface area contributed by atoms with Gasteiger partial charge in [-0.2, -0.15) is 13.2 Å². The highest BCUT2D eigenvalue weighted by molar-refractivity contribution is 14.0. The minimum absolute atomic E-state index is 0. The summed E-state index contributed by atoms with van der Waals surface area (Å²) in [4.78, 5) is 4.11. The highest BCUT2D eigenvalue weighted by Gasteiger charge is 2.28. The molecule has 1 heterocycles. The van der Waals surface area contributed by atoms with Crippen LogP contribution in [0.25, 0.3) is 0 Å². The lowest BCUT2D eigenvalue weighted by atomic mass is 10.1. The first-order chi connectivity index (χ1) is 11.9. The van der Waals surface area contributed by atoms with Gasteiger partial charge in [-0.1, -0.05) is 12.1 Å². The Bertz CT molecular complexity index is 591. The number of benzene rings is 1. The van der Waals surface area contributed by atoms with E-state index in [9.17, 15) is 13.2 Å². The number of hydrogen-bond acceptors (Lipinski definition) is 3. The molecule has 9 heteroatoms. The number of guanidine groups is 1. The highest BCUT2D eigenvalue weighted by atomic mass is 127. The number of ether oxygens (including phenoxy) is 2. The van der Waals surface area contributed by atoms with E-state index in [4.69, 9.17) is 9.47 Å². The van der Waals surface area contributed by atoms with E-state index in [1.165, 1.54) is 0 Å². The molecule has 0 radical (unpaired) electrons. The van der Waals surface area contributed by atoms with Crippen LogP contribution in [0.3, 0.4) is 0 Å². The van der Waals surface area contributed by atoms with Crippen LogP contribution in [0.1, 0.15) is 24.0 Å². The lowest BCUT2D eigenvalue weighted by Crippen LogP contribution is -2.40. The van der Waals surface area contributed by atoms with Crippen LogP contribution in [0.15, 0.2) is 23.2 Å². The first-order valence-electron chi connectivity index (χ1n) is 8.22. The maximum Gasteiger partial charge on any atom is 0.422 e. The maximum absolute atomic E-state index is 12.4. The van der Waals surface area contributed by atoms with E-state index in [2.05, 4.69) is 15.6 Å². The summed E-state index contributed by atoms with van der Waals surface area (Å²) in [6, 6.07) is 5.19.